The van der Waals surface area contributed by atoms with Gasteiger partial charge in [-0.05, 0) is 67.2 Å². The molecule has 6 rings (SSSR count). The Bertz CT molecular complexity index is 1680. The van der Waals surface area contributed by atoms with Crippen LogP contribution in [0, 0.1) is 11.8 Å². The molecule has 3 aromatic heterocycles. The predicted molar refractivity (Wildman–Crippen MR) is 214 cm³/mol. The number of unbranched alkanes of at least 4 members (excludes halogenated alkanes) is 2. The minimum Gasteiger partial charge on any atom is -0.462 e. The van der Waals surface area contributed by atoms with Crippen LogP contribution in [-0.2, 0) is 20.3 Å². The van der Waals surface area contributed by atoms with Gasteiger partial charge in [0.05, 0.1) is 38.6 Å². The summed E-state index contributed by atoms with van der Waals surface area (Å²) in [5.74, 6) is 2.66. The monoisotopic (exact) mass is 732 g/mol. The summed E-state index contributed by atoms with van der Waals surface area (Å²) in [6.45, 7) is 13.7. The first-order valence-electron chi connectivity index (χ1n) is 19.9. The highest BCUT2D eigenvalue weighted by Crippen LogP contribution is 2.47. The summed E-state index contributed by atoms with van der Waals surface area (Å²) < 4.78 is 20.1. The van der Waals surface area contributed by atoms with Crippen LogP contribution in [0.15, 0.2) is 28.7 Å². The van der Waals surface area contributed by atoms with Crippen LogP contribution in [0.5, 0.6) is 0 Å². The number of furan rings is 1. The molecule has 3 heterocycles. The number of carbonyl (C=O) groups is 2. The largest absolute Gasteiger partial charge is 0.462 e. The third kappa shape index (κ3) is 9.30. The molecule has 2 fully saturated rings. The first-order valence-corrected chi connectivity index (χ1v) is 21.5. The highest BCUT2D eigenvalue weighted by molar-refractivity contribution is 7.23. The molecule has 0 saturated heterocycles. The predicted octanol–water partition coefficient (Wildman–Crippen LogP) is 13.8. The Labute approximate surface area is 313 Å². The minimum atomic E-state index is -0.313. The van der Waals surface area contributed by atoms with Gasteiger partial charge in [0, 0.05) is 21.1 Å². The molecule has 0 bridgehead atoms. The Balaban J connectivity index is 1.31. The zero-order chi connectivity index (χ0) is 36.2. The van der Waals surface area contributed by atoms with Crippen molar-refractivity contribution in [3.8, 4) is 10.6 Å². The second-order valence-electron chi connectivity index (χ2n) is 17.4. The molecule has 0 N–H and O–H groups in total. The molecule has 278 valence electrons. The second-order valence-corrected chi connectivity index (χ2v) is 19.5. The van der Waals surface area contributed by atoms with E-state index in [0.717, 1.165) is 79.0 Å². The third-order valence-electron chi connectivity index (χ3n) is 11.1. The number of carbonyl (C=O) groups excluding carboxylic acids is 2. The van der Waals surface area contributed by atoms with Gasteiger partial charge in [0.2, 0.25) is 0 Å². The molecule has 0 atom stereocenters. The van der Waals surface area contributed by atoms with E-state index in [2.05, 4.69) is 47.6 Å². The quantitative estimate of drug-likeness (QED) is 0.101. The van der Waals surface area contributed by atoms with Crippen LogP contribution in [0.1, 0.15) is 176 Å². The van der Waals surface area contributed by atoms with Crippen molar-refractivity contribution < 1.29 is 23.5 Å². The van der Waals surface area contributed by atoms with E-state index in [1.165, 1.54) is 88.4 Å². The van der Waals surface area contributed by atoms with E-state index in [0.29, 0.717) is 24.3 Å². The molecule has 5 nitrogen and oxygen atoms in total. The van der Waals surface area contributed by atoms with Crippen molar-refractivity contribution in [1.82, 2.24) is 0 Å². The number of fused-ring (bicyclic) bond motifs is 2. The SMILES string of the molecule is CC(C)(C)c1ccc(-c2cc3c(C(=O)OCCCCC4CCCCC4)c4sc(C(C)(C)C)cc4c(C(=O)OCCCCC4CCCCC4)c3s2)o1. The molecule has 51 heavy (non-hydrogen) atoms. The fourth-order valence-corrected chi connectivity index (χ4v) is 10.5. The van der Waals surface area contributed by atoms with Gasteiger partial charge in [-0.25, -0.2) is 9.59 Å². The zero-order valence-electron chi connectivity index (χ0n) is 32.0. The van der Waals surface area contributed by atoms with Crippen LogP contribution in [0.25, 0.3) is 30.8 Å². The van der Waals surface area contributed by atoms with Gasteiger partial charge in [-0.2, -0.15) is 0 Å². The van der Waals surface area contributed by atoms with E-state index in [4.69, 9.17) is 13.9 Å². The smallest absolute Gasteiger partial charge is 0.340 e. The molecule has 2 saturated carbocycles. The maximum atomic E-state index is 14.2. The van der Waals surface area contributed by atoms with Crippen molar-refractivity contribution in [3.63, 3.8) is 0 Å². The molecule has 4 aromatic rings. The summed E-state index contributed by atoms with van der Waals surface area (Å²) in [5.41, 5.74) is 0.822. The number of esters is 2. The normalized spacial score (nSPS) is 16.7. The highest BCUT2D eigenvalue weighted by atomic mass is 32.1. The molecule has 0 aliphatic heterocycles. The van der Waals surface area contributed by atoms with Crippen LogP contribution in [0.2, 0.25) is 0 Å². The lowest BCUT2D eigenvalue weighted by molar-refractivity contribution is 0.0488. The molecule has 2 aliphatic carbocycles. The van der Waals surface area contributed by atoms with Crippen molar-refractivity contribution >= 4 is 54.8 Å². The third-order valence-corrected chi connectivity index (χ3v) is 13.9. The van der Waals surface area contributed by atoms with Crippen LogP contribution >= 0.6 is 22.7 Å². The summed E-state index contributed by atoms with van der Waals surface area (Å²) in [6.07, 6.45) is 19.9. The number of hydrogen-bond acceptors (Lipinski definition) is 7. The second kappa shape index (κ2) is 16.6. The molecule has 1 aromatic carbocycles. The molecule has 2 aliphatic rings. The van der Waals surface area contributed by atoms with E-state index in [9.17, 15) is 9.59 Å². The Morgan fingerprint density at radius 1 is 0.667 bits per heavy atom. The van der Waals surface area contributed by atoms with Crippen molar-refractivity contribution in [1.29, 1.82) is 0 Å². The fraction of sp³-hybridized carbons (Fsp3) is 0.636. The highest BCUT2D eigenvalue weighted by Gasteiger charge is 2.31. The number of thiophene rings is 2. The van der Waals surface area contributed by atoms with E-state index < -0.39 is 0 Å². The van der Waals surface area contributed by atoms with Gasteiger partial charge < -0.3 is 13.9 Å². The molecule has 0 radical (unpaired) electrons. The fourth-order valence-electron chi connectivity index (χ4n) is 8.04. The van der Waals surface area contributed by atoms with Crippen molar-refractivity contribution in [2.45, 2.75) is 155 Å². The van der Waals surface area contributed by atoms with Crippen molar-refractivity contribution in [2.75, 3.05) is 13.2 Å². The molecular formula is C44H60O5S2. The van der Waals surface area contributed by atoms with Gasteiger partial charge >= 0.3 is 11.9 Å². The van der Waals surface area contributed by atoms with Gasteiger partial charge in [0.1, 0.15) is 11.5 Å². The van der Waals surface area contributed by atoms with Crippen molar-refractivity contribution in [2.24, 2.45) is 11.8 Å². The van der Waals surface area contributed by atoms with Crippen LogP contribution < -0.4 is 0 Å². The summed E-state index contributed by atoms with van der Waals surface area (Å²) >= 11 is 3.11. The summed E-state index contributed by atoms with van der Waals surface area (Å²) in [5, 5.41) is 1.53. The van der Waals surface area contributed by atoms with E-state index in [1.54, 1.807) is 11.3 Å². The molecular weight excluding hydrogens is 673 g/mol. The number of rotatable bonds is 13. The lowest BCUT2D eigenvalue weighted by Gasteiger charge is -2.21. The Hall–Kier alpha value is -2.64. The lowest BCUT2D eigenvalue weighted by Crippen LogP contribution is -2.11. The molecule has 7 heteroatoms. The molecule has 0 spiro atoms. The summed E-state index contributed by atoms with van der Waals surface area (Å²) in [4.78, 5) is 30.4. The van der Waals surface area contributed by atoms with Gasteiger partial charge in [-0.15, -0.1) is 22.7 Å². The first kappa shape index (κ1) is 38.1. The van der Waals surface area contributed by atoms with E-state index in [1.807, 2.05) is 18.2 Å². The molecule has 0 amide bonds. The Morgan fingerprint density at radius 3 is 1.67 bits per heavy atom. The standard InChI is InChI=1S/C44H60O5S2/c1-43(2,3)35-24-23-33(49-35)34-27-31-37(41(45)47-25-15-13-21-29-17-9-7-10-18-29)40-32(28-36(51-40)44(4,5)6)38(39(31)50-34)42(46)48-26-16-14-22-30-19-11-8-12-20-30/h23-24,27-30H,7-22,25-26H2,1-6H3. The lowest BCUT2D eigenvalue weighted by atomic mass is 9.86. The van der Waals surface area contributed by atoms with E-state index >= 15 is 0 Å². The maximum absolute atomic E-state index is 14.2. The number of benzene rings is 1. The Morgan fingerprint density at radius 2 is 1.18 bits per heavy atom. The number of hydrogen-bond donors (Lipinski definition) is 0. The van der Waals surface area contributed by atoms with Crippen LogP contribution in [0.4, 0.5) is 0 Å². The first-order chi connectivity index (χ1) is 24.4. The van der Waals surface area contributed by atoms with Crippen molar-refractivity contribution in [3.05, 3.63) is 46.0 Å². The van der Waals surface area contributed by atoms with Gasteiger partial charge in [-0.1, -0.05) is 119 Å². The maximum Gasteiger partial charge on any atom is 0.340 e. The van der Waals surface area contributed by atoms with Gasteiger partial charge in [0.25, 0.3) is 0 Å². The minimum absolute atomic E-state index is 0.140. The van der Waals surface area contributed by atoms with E-state index in [-0.39, 0.29) is 22.8 Å². The zero-order valence-corrected chi connectivity index (χ0v) is 33.7. The molecule has 0 unspecified atom stereocenters. The average Bonchev–Trinajstić information content (AvgIpc) is 3.86. The topological polar surface area (TPSA) is 65.7 Å². The summed E-state index contributed by atoms with van der Waals surface area (Å²) in [7, 11) is 0. The Kier molecular flexibility index (Phi) is 12.4. The number of ether oxygens (including phenoxy) is 2. The van der Waals surface area contributed by atoms with Crippen LogP contribution in [0.3, 0.4) is 0 Å². The van der Waals surface area contributed by atoms with Gasteiger partial charge in [0.15, 0.2) is 0 Å². The van der Waals surface area contributed by atoms with Crippen LogP contribution in [-0.4, -0.2) is 25.2 Å². The average molecular weight is 733 g/mol. The summed E-state index contributed by atoms with van der Waals surface area (Å²) in [6, 6.07) is 8.17. The van der Waals surface area contributed by atoms with Gasteiger partial charge in [-0.3, -0.25) is 0 Å².